The van der Waals surface area contributed by atoms with Crippen molar-refractivity contribution in [2.75, 3.05) is 20.6 Å². The average molecular weight is 344 g/mol. The predicted molar refractivity (Wildman–Crippen MR) is 101 cm³/mol. The molecule has 24 heavy (non-hydrogen) atoms. The van der Waals surface area contributed by atoms with Crippen LogP contribution in [-0.4, -0.2) is 32.5 Å². The van der Waals surface area contributed by atoms with Crippen molar-refractivity contribution < 1.29 is 4.79 Å². The first-order valence-electron chi connectivity index (χ1n) is 7.93. The fourth-order valence-electron chi connectivity index (χ4n) is 2.31. The summed E-state index contributed by atoms with van der Waals surface area (Å²) in [6.07, 6.45) is 0.823. The van der Waals surface area contributed by atoms with Gasteiger partial charge in [-0.15, -0.1) is 11.3 Å². The van der Waals surface area contributed by atoms with Gasteiger partial charge in [0.05, 0.1) is 6.54 Å². The maximum Gasteiger partial charge on any atom is 0.251 e. The summed E-state index contributed by atoms with van der Waals surface area (Å²) in [5.74, 6) is 0.719. The first kappa shape index (κ1) is 18.0. The molecule has 1 aromatic carbocycles. The number of aryl methyl sites for hydroxylation is 1. The van der Waals surface area contributed by atoms with Gasteiger partial charge in [0.25, 0.3) is 5.91 Å². The normalized spacial score (nSPS) is 11.2. The van der Waals surface area contributed by atoms with E-state index >= 15 is 0 Å². The molecule has 1 heterocycles. The Balaban J connectivity index is 1.80. The highest BCUT2D eigenvalue weighted by atomic mass is 32.1. The topological polar surface area (TPSA) is 65.5 Å². The Morgan fingerprint density at radius 2 is 2.04 bits per heavy atom. The van der Waals surface area contributed by atoms with Crippen molar-refractivity contribution in [3.63, 3.8) is 0 Å². The molecule has 128 valence electrons. The van der Waals surface area contributed by atoms with Crippen molar-refractivity contribution in [1.82, 2.24) is 16.0 Å². The van der Waals surface area contributed by atoms with Gasteiger partial charge in [-0.3, -0.25) is 9.79 Å². The van der Waals surface area contributed by atoms with E-state index in [0.29, 0.717) is 5.56 Å². The zero-order valence-corrected chi connectivity index (χ0v) is 15.2. The van der Waals surface area contributed by atoms with E-state index in [1.807, 2.05) is 24.3 Å². The second kappa shape index (κ2) is 9.08. The Labute approximate surface area is 147 Å². The summed E-state index contributed by atoms with van der Waals surface area (Å²) in [7, 11) is 3.41. The Hall–Kier alpha value is -2.34. The number of nitrogens with zero attached hydrogens (tertiary/aromatic N) is 1. The van der Waals surface area contributed by atoms with E-state index in [4.69, 9.17) is 0 Å². The summed E-state index contributed by atoms with van der Waals surface area (Å²) < 4.78 is 0. The van der Waals surface area contributed by atoms with Crippen molar-refractivity contribution in [2.45, 2.75) is 19.9 Å². The summed E-state index contributed by atoms with van der Waals surface area (Å²) in [5, 5.41) is 9.25. The van der Waals surface area contributed by atoms with Gasteiger partial charge >= 0.3 is 0 Å². The number of benzene rings is 1. The largest absolute Gasteiger partial charge is 0.356 e. The van der Waals surface area contributed by atoms with E-state index in [1.165, 1.54) is 9.75 Å². The van der Waals surface area contributed by atoms with Crippen LogP contribution in [0.4, 0.5) is 0 Å². The van der Waals surface area contributed by atoms with Gasteiger partial charge in [-0.05, 0) is 43.2 Å². The molecule has 2 aromatic rings. The summed E-state index contributed by atoms with van der Waals surface area (Å²) in [5.41, 5.74) is 1.80. The van der Waals surface area contributed by atoms with Crippen LogP contribution in [0.5, 0.6) is 0 Å². The molecule has 0 atom stereocenters. The molecule has 0 saturated carbocycles. The second-order valence-corrected chi connectivity index (χ2v) is 6.77. The highest BCUT2D eigenvalue weighted by Gasteiger charge is 2.04. The minimum atomic E-state index is -0.0615. The van der Waals surface area contributed by atoms with E-state index in [1.54, 1.807) is 25.4 Å². The Kier molecular flexibility index (Phi) is 6.81. The van der Waals surface area contributed by atoms with Gasteiger partial charge in [0.15, 0.2) is 5.96 Å². The summed E-state index contributed by atoms with van der Waals surface area (Å²) in [6, 6.07) is 11.9. The first-order valence-corrected chi connectivity index (χ1v) is 8.75. The number of rotatable bonds is 6. The van der Waals surface area contributed by atoms with Gasteiger partial charge < -0.3 is 16.0 Å². The molecular formula is C18H24N4OS. The molecule has 0 radical (unpaired) electrons. The van der Waals surface area contributed by atoms with Gasteiger partial charge in [0.2, 0.25) is 0 Å². The van der Waals surface area contributed by atoms with Crippen LogP contribution in [0.15, 0.2) is 41.4 Å². The molecule has 0 aliphatic rings. The molecule has 6 heteroatoms. The lowest BCUT2D eigenvalue weighted by atomic mass is 10.1. The van der Waals surface area contributed by atoms with Crippen molar-refractivity contribution in [3.8, 4) is 0 Å². The zero-order chi connectivity index (χ0) is 17.4. The summed E-state index contributed by atoms with van der Waals surface area (Å²) >= 11 is 1.78. The molecule has 1 amide bonds. The third-order valence-electron chi connectivity index (χ3n) is 3.57. The van der Waals surface area contributed by atoms with Gasteiger partial charge in [0.1, 0.15) is 0 Å². The van der Waals surface area contributed by atoms with E-state index in [9.17, 15) is 4.79 Å². The van der Waals surface area contributed by atoms with Crippen LogP contribution in [0, 0.1) is 6.92 Å². The molecule has 2 rings (SSSR count). The number of nitrogens with one attached hydrogen (secondary N) is 3. The number of hydrogen-bond donors (Lipinski definition) is 3. The number of hydrogen-bond acceptors (Lipinski definition) is 3. The standard InChI is InChI=1S/C18H24N4OS/c1-13-7-8-16(24-13)12-22-18(20-3)21-10-9-14-5-4-6-15(11-14)17(23)19-2/h4-8,11H,9-10,12H2,1-3H3,(H,19,23)(H2,20,21,22). The zero-order valence-electron chi connectivity index (χ0n) is 14.3. The van der Waals surface area contributed by atoms with Crippen LogP contribution in [-0.2, 0) is 13.0 Å². The monoisotopic (exact) mass is 344 g/mol. The van der Waals surface area contributed by atoms with Crippen LogP contribution in [0.2, 0.25) is 0 Å². The van der Waals surface area contributed by atoms with Gasteiger partial charge in [-0.25, -0.2) is 0 Å². The highest BCUT2D eigenvalue weighted by molar-refractivity contribution is 7.11. The minimum Gasteiger partial charge on any atom is -0.356 e. The first-order chi connectivity index (χ1) is 11.6. The molecular weight excluding hydrogens is 320 g/mol. The van der Waals surface area contributed by atoms with Gasteiger partial charge in [-0.2, -0.15) is 0 Å². The van der Waals surface area contributed by atoms with Crippen molar-refractivity contribution in [1.29, 1.82) is 0 Å². The number of guanidine groups is 1. The molecule has 0 saturated heterocycles. The minimum absolute atomic E-state index is 0.0615. The molecule has 0 unspecified atom stereocenters. The van der Waals surface area contributed by atoms with E-state index in [0.717, 1.165) is 31.0 Å². The van der Waals surface area contributed by atoms with Gasteiger partial charge in [-0.1, -0.05) is 12.1 Å². The number of thiophene rings is 1. The van der Waals surface area contributed by atoms with Gasteiger partial charge in [0, 0.05) is 36.0 Å². The third-order valence-corrected chi connectivity index (χ3v) is 4.57. The molecule has 0 fully saturated rings. The Morgan fingerprint density at radius 3 is 2.71 bits per heavy atom. The number of aliphatic imine (C=N–C) groups is 1. The maximum atomic E-state index is 11.7. The van der Waals surface area contributed by atoms with Crippen LogP contribution < -0.4 is 16.0 Å². The molecule has 0 aliphatic heterocycles. The fraction of sp³-hybridized carbons (Fsp3) is 0.333. The predicted octanol–water partition coefficient (Wildman–Crippen LogP) is 2.32. The average Bonchev–Trinajstić information content (AvgIpc) is 3.02. The third kappa shape index (κ3) is 5.38. The molecule has 0 aliphatic carbocycles. The Bertz CT molecular complexity index is 709. The molecule has 1 aromatic heterocycles. The van der Waals surface area contributed by atoms with Crippen LogP contribution in [0.3, 0.4) is 0 Å². The summed E-state index contributed by atoms with van der Waals surface area (Å²) in [4.78, 5) is 18.5. The van der Waals surface area contributed by atoms with Crippen LogP contribution in [0.25, 0.3) is 0 Å². The second-order valence-electron chi connectivity index (χ2n) is 5.39. The number of amides is 1. The van der Waals surface area contributed by atoms with Crippen molar-refractivity contribution in [3.05, 3.63) is 57.3 Å². The number of carbonyl (C=O) groups is 1. The number of carbonyl (C=O) groups excluding carboxylic acids is 1. The van der Waals surface area contributed by atoms with Crippen molar-refractivity contribution in [2.24, 2.45) is 4.99 Å². The van der Waals surface area contributed by atoms with E-state index < -0.39 is 0 Å². The molecule has 3 N–H and O–H groups in total. The van der Waals surface area contributed by atoms with E-state index in [2.05, 4.69) is 40.0 Å². The van der Waals surface area contributed by atoms with Crippen LogP contribution in [0.1, 0.15) is 25.7 Å². The van der Waals surface area contributed by atoms with Crippen LogP contribution >= 0.6 is 11.3 Å². The quantitative estimate of drug-likeness (QED) is 0.557. The molecule has 0 spiro atoms. The Morgan fingerprint density at radius 1 is 1.21 bits per heavy atom. The highest BCUT2D eigenvalue weighted by Crippen LogP contribution is 2.14. The lowest BCUT2D eigenvalue weighted by Crippen LogP contribution is -2.37. The lowest BCUT2D eigenvalue weighted by molar-refractivity contribution is 0.0963. The smallest absolute Gasteiger partial charge is 0.251 e. The maximum absolute atomic E-state index is 11.7. The SMILES string of the molecule is CN=C(NCCc1cccc(C(=O)NC)c1)NCc1ccc(C)s1. The lowest BCUT2D eigenvalue weighted by Gasteiger charge is -2.11. The molecule has 5 nitrogen and oxygen atoms in total. The molecule has 0 bridgehead atoms. The van der Waals surface area contributed by atoms with Crippen molar-refractivity contribution >= 4 is 23.2 Å². The fourth-order valence-corrected chi connectivity index (χ4v) is 3.14. The van der Waals surface area contributed by atoms with E-state index in [-0.39, 0.29) is 5.91 Å². The summed E-state index contributed by atoms with van der Waals surface area (Å²) in [6.45, 7) is 3.62.